The van der Waals surface area contributed by atoms with Crippen molar-refractivity contribution in [2.45, 2.75) is 13.0 Å². The number of nitrogens with one attached hydrogen (secondary N) is 2. The third-order valence-electron chi connectivity index (χ3n) is 4.83. The predicted molar refractivity (Wildman–Crippen MR) is 115 cm³/mol. The summed E-state index contributed by atoms with van der Waals surface area (Å²) in [4.78, 5) is 28.8. The SMILES string of the molecule is COc1ccc(NC(=O)C(C)NC(=O)N2CCN(c3cccc(Cl)c3)CC2)cc1. The molecular formula is C21H25ClN4O3. The first-order valence-corrected chi connectivity index (χ1v) is 9.85. The Balaban J connectivity index is 1.47. The van der Waals surface area contributed by atoms with Crippen LogP contribution in [0.3, 0.4) is 0 Å². The summed E-state index contributed by atoms with van der Waals surface area (Å²) in [5.74, 6) is 0.433. The number of rotatable bonds is 5. The van der Waals surface area contributed by atoms with E-state index in [9.17, 15) is 9.59 Å². The summed E-state index contributed by atoms with van der Waals surface area (Å²) < 4.78 is 5.10. The van der Waals surface area contributed by atoms with Crippen LogP contribution in [0, 0.1) is 0 Å². The van der Waals surface area contributed by atoms with E-state index in [0.717, 1.165) is 5.69 Å². The van der Waals surface area contributed by atoms with Crippen LogP contribution in [0.25, 0.3) is 0 Å². The Morgan fingerprint density at radius 3 is 2.38 bits per heavy atom. The van der Waals surface area contributed by atoms with Gasteiger partial charge in [-0.2, -0.15) is 0 Å². The highest BCUT2D eigenvalue weighted by atomic mass is 35.5. The van der Waals surface area contributed by atoms with E-state index in [1.165, 1.54) is 0 Å². The third kappa shape index (κ3) is 5.54. The van der Waals surface area contributed by atoms with E-state index in [4.69, 9.17) is 16.3 Å². The Morgan fingerprint density at radius 1 is 1.07 bits per heavy atom. The number of hydrogen-bond acceptors (Lipinski definition) is 4. The monoisotopic (exact) mass is 416 g/mol. The predicted octanol–water partition coefficient (Wildman–Crippen LogP) is 3.21. The van der Waals surface area contributed by atoms with Crippen LogP contribution in [0.5, 0.6) is 5.75 Å². The maximum atomic E-state index is 12.5. The fourth-order valence-electron chi connectivity index (χ4n) is 3.11. The number of benzene rings is 2. The molecule has 0 bridgehead atoms. The lowest BCUT2D eigenvalue weighted by Crippen LogP contribution is -2.54. The second-order valence-electron chi connectivity index (χ2n) is 6.84. The van der Waals surface area contributed by atoms with Gasteiger partial charge in [0.2, 0.25) is 5.91 Å². The van der Waals surface area contributed by atoms with Gasteiger partial charge in [0, 0.05) is 42.6 Å². The summed E-state index contributed by atoms with van der Waals surface area (Å²) in [6.07, 6.45) is 0. The van der Waals surface area contributed by atoms with Crippen LogP contribution in [0.15, 0.2) is 48.5 Å². The summed E-state index contributed by atoms with van der Waals surface area (Å²) in [6.45, 7) is 4.23. The average molecular weight is 417 g/mol. The normalized spacial score (nSPS) is 14.9. The topological polar surface area (TPSA) is 73.9 Å². The number of anilines is 2. The second kappa shape index (κ2) is 9.52. The van der Waals surface area contributed by atoms with Gasteiger partial charge in [-0.15, -0.1) is 0 Å². The number of methoxy groups -OCH3 is 1. The molecule has 1 heterocycles. The number of nitrogens with zero attached hydrogens (tertiary/aromatic N) is 2. The molecule has 8 heteroatoms. The third-order valence-corrected chi connectivity index (χ3v) is 5.07. The van der Waals surface area contributed by atoms with Crippen molar-refractivity contribution >= 4 is 34.9 Å². The Kier molecular flexibility index (Phi) is 6.82. The van der Waals surface area contributed by atoms with Crippen molar-refractivity contribution in [3.05, 3.63) is 53.6 Å². The Hall–Kier alpha value is -2.93. The van der Waals surface area contributed by atoms with Crippen molar-refractivity contribution < 1.29 is 14.3 Å². The molecule has 0 radical (unpaired) electrons. The smallest absolute Gasteiger partial charge is 0.318 e. The van der Waals surface area contributed by atoms with Crippen LogP contribution in [-0.4, -0.2) is 56.2 Å². The second-order valence-corrected chi connectivity index (χ2v) is 7.28. The van der Waals surface area contributed by atoms with E-state index in [2.05, 4.69) is 15.5 Å². The number of hydrogen-bond donors (Lipinski definition) is 2. The zero-order valence-corrected chi connectivity index (χ0v) is 17.3. The van der Waals surface area contributed by atoms with Gasteiger partial charge in [-0.3, -0.25) is 4.79 Å². The van der Waals surface area contributed by atoms with Crippen LogP contribution >= 0.6 is 11.6 Å². The minimum Gasteiger partial charge on any atom is -0.497 e. The first kappa shape index (κ1) is 20.8. The molecule has 1 aliphatic rings. The Labute approximate surface area is 175 Å². The van der Waals surface area contributed by atoms with E-state index in [-0.39, 0.29) is 11.9 Å². The molecule has 2 aromatic carbocycles. The summed E-state index contributed by atoms with van der Waals surface area (Å²) in [5.41, 5.74) is 1.69. The standard InChI is InChI=1S/C21H25ClN4O3/c1-15(20(27)24-17-6-8-19(29-2)9-7-17)23-21(28)26-12-10-25(11-13-26)18-5-3-4-16(22)14-18/h3-9,14-15H,10-13H2,1-2H3,(H,23,28)(H,24,27). The van der Waals surface area contributed by atoms with E-state index in [0.29, 0.717) is 42.6 Å². The lowest BCUT2D eigenvalue weighted by atomic mass is 10.2. The van der Waals surface area contributed by atoms with Crippen molar-refractivity contribution in [3.8, 4) is 5.75 Å². The maximum absolute atomic E-state index is 12.5. The number of halogens is 1. The molecule has 0 spiro atoms. The lowest BCUT2D eigenvalue weighted by molar-refractivity contribution is -0.117. The molecule has 29 heavy (non-hydrogen) atoms. The van der Waals surface area contributed by atoms with Gasteiger partial charge in [-0.25, -0.2) is 4.79 Å². The molecule has 1 aliphatic heterocycles. The molecule has 3 rings (SSSR count). The van der Waals surface area contributed by atoms with Crippen molar-refractivity contribution in [1.82, 2.24) is 10.2 Å². The number of carbonyl (C=O) groups is 2. The van der Waals surface area contributed by atoms with Crippen LogP contribution in [0.4, 0.5) is 16.2 Å². The largest absolute Gasteiger partial charge is 0.497 e. The molecule has 3 amide bonds. The van der Waals surface area contributed by atoms with Gasteiger partial charge in [0.1, 0.15) is 11.8 Å². The molecular weight excluding hydrogens is 392 g/mol. The summed E-state index contributed by atoms with van der Waals surface area (Å²) in [6, 6.07) is 13.8. The molecule has 1 fully saturated rings. The van der Waals surface area contributed by atoms with Gasteiger partial charge in [-0.05, 0) is 49.4 Å². The van der Waals surface area contributed by atoms with Crippen molar-refractivity contribution in [2.75, 3.05) is 43.5 Å². The van der Waals surface area contributed by atoms with Gasteiger partial charge in [0.15, 0.2) is 0 Å². The molecule has 1 atom stereocenters. The maximum Gasteiger partial charge on any atom is 0.318 e. The van der Waals surface area contributed by atoms with Crippen molar-refractivity contribution in [3.63, 3.8) is 0 Å². The molecule has 7 nitrogen and oxygen atoms in total. The molecule has 0 aliphatic carbocycles. The quantitative estimate of drug-likeness (QED) is 0.784. The fourth-order valence-corrected chi connectivity index (χ4v) is 3.29. The van der Waals surface area contributed by atoms with Gasteiger partial charge in [0.25, 0.3) is 0 Å². The van der Waals surface area contributed by atoms with E-state index in [1.54, 1.807) is 43.2 Å². The minimum atomic E-state index is -0.657. The van der Waals surface area contributed by atoms with Crippen molar-refractivity contribution in [2.24, 2.45) is 0 Å². The number of amides is 3. The number of ether oxygens (including phenoxy) is 1. The van der Waals surface area contributed by atoms with Crippen molar-refractivity contribution in [1.29, 1.82) is 0 Å². The molecule has 0 aromatic heterocycles. The summed E-state index contributed by atoms with van der Waals surface area (Å²) in [5, 5.41) is 6.25. The molecule has 0 saturated carbocycles. The van der Waals surface area contributed by atoms with Crippen LogP contribution < -0.4 is 20.3 Å². The van der Waals surface area contributed by atoms with Gasteiger partial charge < -0.3 is 25.2 Å². The summed E-state index contributed by atoms with van der Waals surface area (Å²) >= 11 is 6.06. The van der Waals surface area contributed by atoms with E-state index < -0.39 is 6.04 Å². The fraction of sp³-hybridized carbons (Fsp3) is 0.333. The zero-order valence-electron chi connectivity index (χ0n) is 16.5. The average Bonchev–Trinajstić information content (AvgIpc) is 2.74. The van der Waals surface area contributed by atoms with Crippen LogP contribution in [0.2, 0.25) is 5.02 Å². The Bertz CT molecular complexity index is 851. The number of piperazine rings is 1. The highest BCUT2D eigenvalue weighted by Gasteiger charge is 2.24. The van der Waals surface area contributed by atoms with Gasteiger partial charge >= 0.3 is 6.03 Å². The molecule has 154 valence electrons. The number of carbonyl (C=O) groups excluding carboxylic acids is 2. The first-order valence-electron chi connectivity index (χ1n) is 9.47. The van der Waals surface area contributed by atoms with Gasteiger partial charge in [-0.1, -0.05) is 17.7 Å². The molecule has 2 N–H and O–H groups in total. The lowest BCUT2D eigenvalue weighted by Gasteiger charge is -2.36. The molecule has 1 saturated heterocycles. The van der Waals surface area contributed by atoms with Crippen LogP contribution in [0.1, 0.15) is 6.92 Å². The molecule has 2 aromatic rings. The first-order chi connectivity index (χ1) is 14.0. The highest BCUT2D eigenvalue weighted by molar-refractivity contribution is 6.30. The Morgan fingerprint density at radius 2 is 1.76 bits per heavy atom. The molecule has 1 unspecified atom stereocenters. The highest BCUT2D eigenvalue weighted by Crippen LogP contribution is 2.21. The van der Waals surface area contributed by atoms with E-state index in [1.807, 2.05) is 24.3 Å². The van der Waals surface area contributed by atoms with Gasteiger partial charge in [0.05, 0.1) is 7.11 Å². The van der Waals surface area contributed by atoms with E-state index >= 15 is 0 Å². The minimum absolute atomic E-state index is 0.242. The zero-order chi connectivity index (χ0) is 20.8. The number of urea groups is 1. The summed E-state index contributed by atoms with van der Waals surface area (Å²) in [7, 11) is 1.58. The van der Waals surface area contributed by atoms with Crippen LogP contribution in [-0.2, 0) is 4.79 Å².